The molecule has 88 heavy (non-hydrogen) atoms. The Bertz CT molecular complexity index is 3580. The first-order valence-electron chi connectivity index (χ1n) is 26.6. The average Bonchev–Trinajstić information content (AvgIpc) is 2.31. The molecule has 4 aromatic carbocycles. The number of phenolic OH excluding ortho intramolecular Hbond substituents is 8. The van der Waals surface area contributed by atoms with E-state index in [1.165, 1.54) is 26.0 Å². The third kappa shape index (κ3) is 12.5. The maximum atomic E-state index is 13.7. The molecule has 10 rings (SSSR count). The quantitative estimate of drug-likeness (QED) is 0.0460. The molecule has 33 nitrogen and oxygen atoms in total. The third-order valence-electron chi connectivity index (χ3n) is 14.9. The second kappa shape index (κ2) is 25.9. The minimum absolute atomic E-state index is 0.0141. The monoisotopic (exact) mass is 1250 g/mol. The van der Waals surface area contributed by atoms with Crippen molar-refractivity contribution in [3.8, 4) is 80.1 Å². The molecule has 0 bridgehead atoms. The van der Waals surface area contributed by atoms with E-state index < -0.39 is 234 Å². The standard InChI is InChI=1S/C28H32O17.C27H30O16/c1-8-2-9(3-12(32)17(8)33)25-26(20(36)16-11(31)4-10(30)5-13(16)42-25)45-28-24(40)22(38)19(35)15(44-28)7-41-27-23(39)21(37)18(34)14(6-29)43-27;1-8-2-9(3-12(31)17(8)32)24-25(20(35)16-11(30)4-10(29)5-13(16)40-24)43-27-23(38)21(36)19(34)15(42-27)7-39-26-22(37)18(33)14(6-28)41-26/h2-5,14-15,18-19,21-24,27-35,37-40H,6-7H2,1H3;2-5,14-15,18-19,21-23,26-34,36-38H,6-7H2,1H3/t14-,15-,18-,19+,21+,22+,23+,24-,27-,28+;14-,15-,18-,19+,21+,22-,23-,26-,27+/m11/s1. The summed E-state index contributed by atoms with van der Waals surface area (Å²) in [6.07, 6.45) is -32.1. The highest BCUT2D eigenvalue weighted by Gasteiger charge is 2.50. The van der Waals surface area contributed by atoms with Crippen LogP contribution in [0.3, 0.4) is 0 Å². The van der Waals surface area contributed by atoms with Crippen molar-refractivity contribution in [2.24, 2.45) is 0 Å². The number of hydrogen-bond donors (Lipinski definition) is 21. The van der Waals surface area contributed by atoms with Crippen LogP contribution in [-0.4, -0.2) is 250 Å². The van der Waals surface area contributed by atoms with Gasteiger partial charge >= 0.3 is 0 Å². The van der Waals surface area contributed by atoms with E-state index in [9.17, 15) is 117 Å². The third-order valence-corrected chi connectivity index (χ3v) is 14.9. The van der Waals surface area contributed by atoms with Crippen molar-refractivity contribution in [1.29, 1.82) is 0 Å². The van der Waals surface area contributed by atoms with E-state index in [0.29, 0.717) is 0 Å². The number of aliphatic hydroxyl groups excluding tert-OH is 13. The van der Waals surface area contributed by atoms with Crippen molar-refractivity contribution < 1.29 is 154 Å². The van der Waals surface area contributed by atoms with Gasteiger partial charge in [-0.05, 0) is 49.2 Å². The van der Waals surface area contributed by atoms with Crippen LogP contribution >= 0.6 is 0 Å². The number of aryl methyl sites for hydroxylation is 2. The predicted octanol–water partition coefficient (Wildman–Crippen LogP) is -4.17. The fourth-order valence-electron chi connectivity index (χ4n) is 10.0. The molecule has 21 N–H and O–H groups in total. The zero-order chi connectivity index (χ0) is 64.2. The van der Waals surface area contributed by atoms with Gasteiger partial charge < -0.3 is 154 Å². The van der Waals surface area contributed by atoms with Gasteiger partial charge in [0.1, 0.15) is 136 Å². The normalized spacial score (nSPS) is 31.6. The molecule has 4 aliphatic heterocycles. The fourth-order valence-corrected chi connectivity index (χ4v) is 10.0. The van der Waals surface area contributed by atoms with Gasteiger partial charge in [-0.25, -0.2) is 0 Å². The Kier molecular flexibility index (Phi) is 19.2. The van der Waals surface area contributed by atoms with Crippen LogP contribution < -0.4 is 20.3 Å². The number of ether oxygens (including phenoxy) is 8. The molecule has 0 aliphatic carbocycles. The average molecular weight is 1250 g/mol. The van der Waals surface area contributed by atoms with Crippen LogP contribution in [0, 0.1) is 13.8 Å². The van der Waals surface area contributed by atoms with Crippen LogP contribution in [0.5, 0.6) is 57.5 Å². The molecule has 4 fully saturated rings. The van der Waals surface area contributed by atoms with Gasteiger partial charge in [0, 0.05) is 35.4 Å². The lowest BCUT2D eigenvalue weighted by molar-refractivity contribution is -0.323. The Balaban J connectivity index is 0.000000210. The van der Waals surface area contributed by atoms with Crippen molar-refractivity contribution in [2.75, 3.05) is 26.4 Å². The van der Waals surface area contributed by atoms with Crippen LogP contribution in [-0.2, 0) is 28.4 Å². The van der Waals surface area contributed by atoms with Gasteiger partial charge in [0.2, 0.25) is 34.9 Å². The van der Waals surface area contributed by atoms with Crippen molar-refractivity contribution >= 4 is 21.9 Å². The largest absolute Gasteiger partial charge is 0.508 e. The summed E-state index contributed by atoms with van der Waals surface area (Å²) in [4.78, 5) is 27.3. The molecule has 2 aromatic heterocycles. The molecule has 19 atom stereocenters. The maximum Gasteiger partial charge on any atom is 0.239 e. The summed E-state index contributed by atoms with van der Waals surface area (Å²) < 4.78 is 55.4. The van der Waals surface area contributed by atoms with Crippen LogP contribution in [0.15, 0.2) is 67.0 Å². The van der Waals surface area contributed by atoms with E-state index in [4.69, 9.17) is 46.7 Å². The molecular formula is C55H62O33. The first kappa shape index (κ1) is 65.0. The predicted molar refractivity (Wildman–Crippen MR) is 287 cm³/mol. The topological polar surface area (TPSA) is 559 Å². The highest BCUT2D eigenvalue weighted by Crippen LogP contribution is 2.43. The number of aromatic hydroxyl groups is 8. The first-order chi connectivity index (χ1) is 41.5. The Hall–Kier alpha value is -7.46. The van der Waals surface area contributed by atoms with E-state index >= 15 is 0 Å². The lowest BCUT2D eigenvalue weighted by Gasteiger charge is -2.42. The van der Waals surface area contributed by atoms with Crippen LogP contribution in [0.25, 0.3) is 44.6 Å². The smallest absolute Gasteiger partial charge is 0.239 e. The van der Waals surface area contributed by atoms with E-state index in [1.54, 1.807) is 0 Å². The number of phenols is 8. The Labute approximate surface area is 492 Å². The summed E-state index contributed by atoms with van der Waals surface area (Å²) in [5, 5.41) is 213. The van der Waals surface area contributed by atoms with E-state index in [2.05, 4.69) is 0 Å². The van der Waals surface area contributed by atoms with E-state index in [0.717, 1.165) is 36.4 Å². The number of hydrogen-bond acceptors (Lipinski definition) is 33. The van der Waals surface area contributed by atoms with Gasteiger partial charge in [0.05, 0.1) is 26.4 Å². The second-order valence-electron chi connectivity index (χ2n) is 21.0. The first-order valence-corrected chi connectivity index (χ1v) is 26.6. The SMILES string of the molecule is Cc1cc(-c2oc3cc(O)cc(O)c3c(=O)c2O[C@@H]2O[C@H](CO[C@@H]3O[C@H](CO)[C@@H](O)[C@H](O)[C@@H]3O)[C@H](O)[C@H](O)[C@H]2O)cc(O)c1O.Cc1cc(-c2oc3cc(O)cc(O)c3c(=O)c2O[C@@H]2O[C@H](CO[C@@H]3O[C@H](CO)[C@@H](O)[C@H]3O)[C@H](O)[C@H](O)[C@H]2O)cc(O)c1O. The molecular weight excluding hydrogens is 1190 g/mol. The van der Waals surface area contributed by atoms with Crippen molar-refractivity contribution in [3.05, 3.63) is 80.1 Å². The zero-order valence-electron chi connectivity index (χ0n) is 45.7. The van der Waals surface area contributed by atoms with Gasteiger partial charge in [0.25, 0.3) is 0 Å². The maximum absolute atomic E-state index is 13.7. The summed E-state index contributed by atoms with van der Waals surface area (Å²) in [5.74, 6) is -6.61. The molecule has 0 spiro atoms. The minimum atomic E-state index is -2.00. The number of aliphatic hydroxyl groups is 13. The van der Waals surface area contributed by atoms with Crippen LogP contribution in [0.4, 0.5) is 0 Å². The lowest BCUT2D eigenvalue weighted by atomic mass is 9.98. The summed E-state index contributed by atoms with van der Waals surface area (Å²) in [5.41, 5.74) is -2.40. The molecule has 33 heteroatoms. The Morgan fingerprint density at radius 3 is 1.06 bits per heavy atom. The fraction of sp³-hybridized carbons (Fsp3) is 0.455. The van der Waals surface area contributed by atoms with Gasteiger partial charge in [-0.3, -0.25) is 9.59 Å². The number of fused-ring (bicyclic) bond motifs is 2. The Morgan fingerprint density at radius 2 is 0.705 bits per heavy atom. The molecule has 0 radical (unpaired) electrons. The summed E-state index contributed by atoms with van der Waals surface area (Å²) >= 11 is 0. The molecule has 480 valence electrons. The van der Waals surface area contributed by atoms with Crippen LogP contribution in [0.2, 0.25) is 0 Å². The van der Waals surface area contributed by atoms with Gasteiger partial charge in [0.15, 0.2) is 47.1 Å². The summed E-state index contributed by atoms with van der Waals surface area (Å²) in [6.45, 7) is 0.240. The molecule has 6 heterocycles. The molecule has 0 saturated carbocycles. The van der Waals surface area contributed by atoms with Gasteiger partial charge in [-0.2, -0.15) is 0 Å². The summed E-state index contributed by atoms with van der Waals surface area (Å²) in [6, 6.07) is 8.48. The molecule has 0 amide bonds. The highest BCUT2D eigenvalue weighted by atomic mass is 16.7. The summed E-state index contributed by atoms with van der Waals surface area (Å²) in [7, 11) is 0. The Morgan fingerprint density at radius 1 is 0.386 bits per heavy atom. The molecule has 4 saturated heterocycles. The molecule has 0 unspecified atom stereocenters. The van der Waals surface area contributed by atoms with Gasteiger partial charge in [-0.15, -0.1) is 0 Å². The van der Waals surface area contributed by atoms with Crippen molar-refractivity contribution in [2.45, 2.75) is 131 Å². The molecule has 4 aliphatic rings. The van der Waals surface area contributed by atoms with Crippen molar-refractivity contribution in [3.63, 3.8) is 0 Å². The highest BCUT2D eigenvalue weighted by molar-refractivity contribution is 5.89. The molecule has 6 aromatic rings. The number of rotatable bonds is 14. The minimum Gasteiger partial charge on any atom is -0.508 e. The zero-order valence-corrected chi connectivity index (χ0v) is 45.7. The second-order valence-corrected chi connectivity index (χ2v) is 21.0. The van der Waals surface area contributed by atoms with Crippen molar-refractivity contribution in [1.82, 2.24) is 0 Å². The van der Waals surface area contributed by atoms with E-state index in [-0.39, 0.29) is 33.4 Å². The number of benzene rings is 4. The van der Waals surface area contributed by atoms with E-state index in [1.807, 2.05) is 0 Å². The lowest BCUT2D eigenvalue weighted by Crippen LogP contribution is -2.62. The van der Waals surface area contributed by atoms with Gasteiger partial charge in [-0.1, -0.05) is 0 Å². The van der Waals surface area contributed by atoms with Crippen LogP contribution in [0.1, 0.15) is 11.1 Å².